The summed E-state index contributed by atoms with van der Waals surface area (Å²) in [5.41, 5.74) is 5.95. The van der Waals surface area contributed by atoms with Crippen molar-refractivity contribution in [3.05, 3.63) is 26.6 Å². The van der Waals surface area contributed by atoms with Gasteiger partial charge >= 0.3 is 5.97 Å². The summed E-state index contributed by atoms with van der Waals surface area (Å²) >= 11 is 6.53. The van der Waals surface area contributed by atoms with E-state index in [1.54, 1.807) is 12.1 Å². The second-order valence-corrected chi connectivity index (χ2v) is 4.60. The molecule has 1 unspecified atom stereocenters. The molecule has 0 aromatic heterocycles. The van der Waals surface area contributed by atoms with Crippen LogP contribution < -0.4 is 10.5 Å². The molecule has 0 bridgehead atoms. The zero-order chi connectivity index (χ0) is 11.6. The largest absolute Gasteiger partial charge is 0.495 e. The van der Waals surface area contributed by atoms with E-state index in [9.17, 15) is 4.79 Å². The highest BCUT2D eigenvalue weighted by Crippen LogP contribution is 2.35. The molecule has 0 amide bonds. The smallest absolute Gasteiger partial charge is 0.325 e. The Morgan fingerprint density at radius 2 is 2.13 bits per heavy atom. The van der Waals surface area contributed by atoms with Crippen LogP contribution in [0.1, 0.15) is 11.6 Å². The summed E-state index contributed by atoms with van der Waals surface area (Å²) in [6.45, 7) is 0. The van der Waals surface area contributed by atoms with Crippen molar-refractivity contribution in [2.75, 3.05) is 7.11 Å². The molecule has 0 aliphatic carbocycles. The van der Waals surface area contributed by atoms with Crippen LogP contribution in [0.5, 0.6) is 5.75 Å². The number of methoxy groups -OCH3 is 1. The number of benzene rings is 1. The number of nitrogens with two attached hydrogens (primary N) is 1. The zero-order valence-corrected chi connectivity index (χ0v) is 11.0. The molecule has 1 aromatic rings. The number of carboxylic acid groups (broad SMARTS) is 1. The number of halogens is 2. The minimum Gasteiger partial charge on any atom is -0.495 e. The lowest BCUT2D eigenvalue weighted by Crippen LogP contribution is -2.21. The van der Waals surface area contributed by atoms with Crippen molar-refractivity contribution in [3.63, 3.8) is 0 Å². The lowest BCUT2D eigenvalue weighted by molar-refractivity contribution is -0.138. The average molecular weight is 339 g/mol. The van der Waals surface area contributed by atoms with Crippen molar-refractivity contribution < 1.29 is 14.6 Å². The molecular formula is C9H9Br2NO3. The third-order valence-electron chi connectivity index (χ3n) is 1.84. The van der Waals surface area contributed by atoms with Gasteiger partial charge in [-0.25, -0.2) is 0 Å². The van der Waals surface area contributed by atoms with Crippen molar-refractivity contribution in [1.82, 2.24) is 0 Å². The molecule has 3 N–H and O–H groups in total. The van der Waals surface area contributed by atoms with Gasteiger partial charge in [-0.1, -0.05) is 15.9 Å². The van der Waals surface area contributed by atoms with Gasteiger partial charge in [0.1, 0.15) is 11.8 Å². The first-order valence-corrected chi connectivity index (χ1v) is 5.57. The first-order valence-electron chi connectivity index (χ1n) is 3.98. The van der Waals surface area contributed by atoms with Crippen LogP contribution in [0.3, 0.4) is 0 Å². The van der Waals surface area contributed by atoms with Crippen LogP contribution in [0, 0.1) is 0 Å². The molecule has 0 aliphatic rings. The number of carbonyl (C=O) groups is 1. The summed E-state index contributed by atoms with van der Waals surface area (Å²) < 4.78 is 6.49. The van der Waals surface area contributed by atoms with Gasteiger partial charge in [-0.3, -0.25) is 4.79 Å². The molecule has 4 nitrogen and oxygen atoms in total. The number of hydrogen-bond acceptors (Lipinski definition) is 3. The first-order chi connectivity index (χ1) is 6.97. The monoisotopic (exact) mass is 337 g/mol. The predicted octanol–water partition coefficient (Wildman–Crippen LogP) is 2.30. The lowest BCUT2D eigenvalue weighted by Gasteiger charge is -2.14. The SMILES string of the molecule is COc1c(Br)cc(Br)cc1C(N)C(=O)O. The number of carboxylic acids is 1. The minimum atomic E-state index is -1.10. The zero-order valence-electron chi connectivity index (χ0n) is 7.83. The Morgan fingerprint density at radius 3 is 2.60 bits per heavy atom. The summed E-state index contributed by atoms with van der Waals surface area (Å²) in [4.78, 5) is 10.8. The van der Waals surface area contributed by atoms with Gasteiger partial charge in [0.25, 0.3) is 0 Å². The third kappa shape index (κ3) is 2.70. The van der Waals surface area contributed by atoms with E-state index in [0.717, 1.165) is 4.47 Å². The van der Waals surface area contributed by atoms with Crippen LogP contribution in [0.15, 0.2) is 21.1 Å². The van der Waals surface area contributed by atoms with E-state index in [2.05, 4.69) is 31.9 Å². The third-order valence-corrected chi connectivity index (χ3v) is 2.89. The Bertz CT molecular complexity index is 395. The summed E-state index contributed by atoms with van der Waals surface area (Å²) in [5.74, 6) is -0.661. The highest BCUT2D eigenvalue weighted by Gasteiger charge is 2.21. The van der Waals surface area contributed by atoms with E-state index in [1.807, 2.05) is 0 Å². The van der Waals surface area contributed by atoms with Crippen molar-refractivity contribution in [2.45, 2.75) is 6.04 Å². The number of rotatable bonds is 3. The van der Waals surface area contributed by atoms with Gasteiger partial charge in [-0.2, -0.15) is 0 Å². The molecule has 15 heavy (non-hydrogen) atoms. The van der Waals surface area contributed by atoms with Crippen LogP contribution in [0.25, 0.3) is 0 Å². The van der Waals surface area contributed by atoms with Gasteiger partial charge in [-0.15, -0.1) is 0 Å². The number of aliphatic carboxylic acids is 1. The van der Waals surface area contributed by atoms with Crippen molar-refractivity contribution in [2.24, 2.45) is 5.73 Å². The Kier molecular flexibility index (Phi) is 4.12. The maximum Gasteiger partial charge on any atom is 0.325 e. The van der Waals surface area contributed by atoms with E-state index in [1.165, 1.54) is 7.11 Å². The van der Waals surface area contributed by atoms with Crippen LogP contribution in [0.4, 0.5) is 0 Å². The topological polar surface area (TPSA) is 72.5 Å². The highest BCUT2D eigenvalue weighted by molar-refractivity contribution is 9.11. The maximum atomic E-state index is 10.8. The van der Waals surface area contributed by atoms with Gasteiger partial charge in [-0.05, 0) is 28.1 Å². The highest BCUT2D eigenvalue weighted by atomic mass is 79.9. The molecule has 82 valence electrons. The summed E-state index contributed by atoms with van der Waals surface area (Å²) in [7, 11) is 1.46. The molecule has 1 atom stereocenters. The minimum absolute atomic E-state index is 0.422. The molecule has 0 heterocycles. The van der Waals surface area contributed by atoms with E-state index < -0.39 is 12.0 Å². The van der Waals surface area contributed by atoms with Gasteiger partial charge in [0.15, 0.2) is 0 Å². The quantitative estimate of drug-likeness (QED) is 0.887. The van der Waals surface area contributed by atoms with Gasteiger partial charge in [0.2, 0.25) is 0 Å². The second-order valence-electron chi connectivity index (χ2n) is 2.83. The summed E-state index contributed by atoms with van der Waals surface area (Å²) in [6, 6.07) is 2.29. The number of hydrogen-bond donors (Lipinski definition) is 2. The van der Waals surface area contributed by atoms with Crippen molar-refractivity contribution in [3.8, 4) is 5.75 Å². The van der Waals surface area contributed by atoms with E-state index >= 15 is 0 Å². The molecule has 0 fully saturated rings. The van der Waals surface area contributed by atoms with Crippen LogP contribution >= 0.6 is 31.9 Å². The van der Waals surface area contributed by atoms with Crippen molar-refractivity contribution >= 4 is 37.8 Å². The predicted molar refractivity (Wildman–Crippen MR) is 63.0 cm³/mol. The Labute approximate surface area is 104 Å². The molecule has 1 aromatic carbocycles. The normalized spacial score (nSPS) is 12.3. The summed E-state index contributed by atoms with van der Waals surface area (Å²) in [6.07, 6.45) is 0. The van der Waals surface area contributed by atoms with Gasteiger partial charge < -0.3 is 15.6 Å². The molecule has 0 saturated heterocycles. The van der Waals surface area contributed by atoms with E-state index in [4.69, 9.17) is 15.6 Å². The maximum absolute atomic E-state index is 10.8. The fourth-order valence-electron chi connectivity index (χ4n) is 1.16. The Hall–Kier alpha value is -0.590. The molecule has 0 aliphatic heterocycles. The first kappa shape index (κ1) is 12.5. The lowest BCUT2D eigenvalue weighted by atomic mass is 10.1. The molecule has 0 radical (unpaired) electrons. The molecule has 0 spiro atoms. The van der Waals surface area contributed by atoms with Gasteiger partial charge in [0, 0.05) is 10.0 Å². The molecule has 0 saturated carbocycles. The fraction of sp³-hybridized carbons (Fsp3) is 0.222. The molecule has 1 rings (SSSR count). The van der Waals surface area contributed by atoms with Crippen LogP contribution in [-0.2, 0) is 4.79 Å². The average Bonchev–Trinajstić information content (AvgIpc) is 2.15. The van der Waals surface area contributed by atoms with Crippen molar-refractivity contribution in [1.29, 1.82) is 0 Å². The van der Waals surface area contributed by atoms with Crippen LogP contribution in [0.2, 0.25) is 0 Å². The summed E-state index contributed by atoms with van der Waals surface area (Å²) in [5, 5.41) is 8.83. The van der Waals surface area contributed by atoms with Crippen LogP contribution in [-0.4, -0.2) is 18.2 Å². The molecule has 6 heteroatoms. The molecular weight excluding hydrogens is 330 g/mol. The van der Waals surface area contributed by atoms with E-state index in [-0.39, 0.29) is 0 Å². The van der Waals surface area contributed by atoms with E-state index in [0.29, 0.717) is 15.8 Å². The fourth-order valence-corrected chi connectivity index (χ4v) is 2.58. The van der Waals surface area contributed by atoms with Gasteiger partial charge in [0.05, 0.1) is 11.6 Å². The standard InChI is InChI=1S/C9H9Br2NO3/c1-15-8-5(7(12)9(13)14)2-4(10)3-6(8)11/h2-3,7H,12H2,1H3,(H,13,14). The second kappa shape index (κ2) is 4.96. The number of ether oxygens (including phenoxy) is 1. The Balaban J connectivity index is 3.32. The Morgan fingerprint density at radius 1 is 1.53 bits per heavy atom.